The van der Waals surface area contributed by atoms with Crippen LogP contribution < -0.4 is 11.0 Å². The van der Waals surface area contributed by atoms with E-state index in [1.807, 2.05) is 6.92 Å². The van der Waals surface area contributed by atoms with Gasteiger partial charge in [-0.1, -0.05) is 24.3 Å². The molecule has 0 saturated heterocycles. The normalized spacial score (nSPS) is 13.8. The molecule has 1 aliphatic heterocycles. The first-order valence-corrected chi connectivity index (χ1v) is 7.86. The fourth-order valence-electron chi connectivity index (χ4n) is 2.59. The van der Waals surface area contributed by atoms with Crippen molar-refractivity contribution in [3.8, 4) is 0 Å². The molecule has 0 saturated carbocycles. The van der Waals surface area contributed by atoms with Gasteiger partial charge in [-0.25, -0.2) is 14.3 Å². The Balaban J connectivity index is 2.14. The lowest BCUT2D eigenvalue weighted by Gasteiger charge is -2.17. The van der Waals surface area contributed by atoms with Crippen LogP contribution in [0.1, 0.15) is 18.1 Å². The first-order chi connectivity index (χ1) is 12.1. The summed E-state index contributed by atoms with van der Waals surface area (Å²) < 4.78 is 26.6. The van der Waals surface area contributed by atoms with Gasteiger partial charge in [-0.2, -0.15) is 0 Å². The lowest BCUT2D eigenvalue weighted by molar-refractivity contribution is 0.191. The summed E-state index contributed by atoms with van der Waals surface area (Å²) in [5.41, 5.74) is 8.38. The lowest BCUT2D eigenvalue weighted by atomic mass is 9.92. The molecule has 0 unspecified atom stereocenters. The van der Waals surface area contributed by atoms with E-state index in [0.29, 0.717) is 34.7 Å². The number of hydrazine groups is 2. The number of halogens is 2. The fraction of sp³-hybridized carbons (Fsp3) is 0.167. The van der Waals surface area contributed by atoms with Gasteiger partial charge in [0.05, 0.1) is 6.61 Å². The second kappa shape index (κ2) is 7.42. The van der Waals surface area contributed by atoms with Crippen molar-refractivity contribution in [3.63, 3.8) is 0 Å². The topological polar surface area (TPSA) is 59.9 Å². The van der Waals surface area contributed by atoms with Crippen molar-refractivity contribution in [1.29, 1.82) is 0 Å². The molecule has 2 aromatic carbocycles. The minimum atomic E-state index is -0.358. The summed E-state index contributed by atoms with van der Waals surface area (Å²) in [6, 6.07) is 11.8. The van der Waals surface area contributed by atoms with Crippen LogP contribution in [0.4, 0.5) is 8.78 Å². The number of hydrazone groups is 1. The molecular formula is C18H18F2N4O. The van der Waals surface area contributed by atoms with E-state index in [0.717, 1.165) is 0 Å². The van der Waals surface area contributed by atoms with Gasteiger partial charge in [0, 0.05) is 12.1 Å². The smallest absolute Gasteiger partial charge is 0.169 e. The minimum absolute atomic E-state index is 0.296. The fourth-order valence-corrected chi connectivity index (χ4v) is 2.59. The zero-order valence-electron chi connectivity index (χ0n) is 13.6. The highest BCUT2D eigenvalue weighted by Crippen LogP contribution is 2.28. The number of benzene rings is 2. The summed E-state index contributed by atoms with van der Waals surface area (Å²) in [5, 5.41) is 15.8. The summed E-state index contributed by atoms with van der Waals surface area (Å²) in [6.07, 6.45) is 0. The van der Waals surface area contributed by atoms with Gasteiger partial charge in [-0.3, -0.25) is 5.43 Å². The Morgan fingerprint density at radius 3 is 1.92 bits per heavy atom. The molecule has 0 spiro atoms. The zero-order chi connectivity index (χ0) is 17.8. The van der Waals surface area contributed by atoms with E-state index in [-0.39, 0.29) is 18.2 Å². The Morgan fingerprint density at radius 2 is 1.52 bits per heavy atom. The van der Waals surface area contributed by atoms with Gasteiger partial charge < -0.3 is 5.11 Å². The number of rotatable bonds is 5. The number of hydrogen-bond acceptors (Lipinski definition) is 5. The molecule has 0 bridgehead atoms. The van der Waals surface area contributed by atoms with Gasteiger partial charge in [0.15, 0.2) is 5.84 Å². The molecule has 1 aliphatic rings. The van der Waals surface area contributed by atoms with Crippen molar-refractivity contribution >= 4 is 11.4 Å². The van der Waals surface area contributed by atoms with Crippen LogP contribution in [0.25, 0.3) is 5.57 Å². The van der Waals surface area contributed by atoms with Crippen molar-refractivity contribution in [2.24, 2.45) is 5.10 Å². The lowest BCUT2D eigenvalue weighted by Crippen LogP contribution is -2.41. The molecule has 3 N–H and O–H groups in total. The Bertz CT molecular complexity index is 753. The predicted molar refractivity (Wildman–Crippen MR) is 92.0 cm³/mol. The molecule has 0 amide bonds. The van der Waals surface area contributed by atoms with Crippen LogP contribution in [0, 0.1) is 11.6 Å². The van der Waals surface area contributed by atoms with Crippen LogP contribution >= 0.6 is 0 Å². The maximum Gasteiger partial charge on any atom is 0.169 e. The summed E-state index contributed by atoms with van der Waals surface area (Å²) in [6.45, 7) is 2.28. The van der Waals surface area contributed by atoms with Crippen molar-refractivity contribution < 1.29 is 13.9 Å². The average Bonchev–Trinajstić information content (AvgIpc) is 3.10. The predicted octanol–water partition coefficient (Wildman–Crippen LogP) is 2.42. The molecule has 0 atom stereocenters. The van der Waals surface area contributed by atoms with Crippen molar-refractivity contribution in [2.45, 2.75) is 6.92 Å². The third-order valence-corrected chi connectivity index (χ3v) is 3.85. The molecule has 3 rings (SSSR count). The summed E-state index contributed by atoms with van der Waals surface area (Å²) >= 11 is 0. The van der Waals surface area contributed by atoms with Gasteiger partial charge in [-0.05, 0) is 47.9 Å². The SMILES string of the molecule is CCN1NN=C(C(CO)=C(c2ccc(F)cc2)c2ccc(F)cc2)N1. The zero-order valence-corrected chi connectivity index (χ0v) is 13.6. The average molecular weight is 344 g/mol. The van der Waals surface area contributed by atoms with E-state index >= 15 is 0 Å². The molecule has 0 aliphatic carbocycles. The van der Waals surface area contributed by atoms with E-state index in [4.69, 9.17) is 0 Å². The highest BCUT2D eigenvalue weighted by molar-refractivity contribution is 6.08. The highest BCUT2D eigenvalue weighted by Gasteiger charge is 2.21. The second-order valence-corrected chi connectivity index (χ2v) is 5.44. The van der Waals surface area contributed by atoms with Crippen LogP contribution in [-0.4, -0.2) is 29.2 Å². The van der Waals surface area contributed by atoms with Crippen LogP contribution in [0.3, 0.4) is 0 Å². The molecule has 0 radical (unpaired) electrons. The standard InChI is InChI=1S/C18H18F2N4O/c1-2-24-22-18(21-23-24)16(11-25)17(12-3-7-14(19)8-4-12)13-5-9-15(20)10-6-13/h3-10,23,25H,2,11H2,1H3,(H,21,22). The maximum absolute atomic E-state index is 13.3. The first kappa shape index (κ1) is 17.1. The minimum Gasteiger partial charge on any atom is -0.392 e. The number of aliphatic hydroxyl groups excluding tert-OH is 1. The maximum atomic E-state index is 13.3. The van der Waals surface area contributed by atoms with E-state index in [1.54, 1.807) is 29.4 Å². The summed E-state index contributed by atoms with van der Waals surface area (Å²) in [5.74, 6) is -0.265. The van der Waals surface area contributed by atoms with Gasteiger partial charge in [0.1, 0.15) is 11.6 Å². The quantitative estimate of drug-likeness (QED) is 0.780. The van der Waals surface area contributed by atoms with E-state index < -0.39 is 0 Å². The first-order valence-electron chi connectivity index (χ1n) is 7.86. The van der Waals surface area contributed by atoms with E-state index in [2.05, 4.69) is 16.1 Å². The number of nitrogens with zero attached hydrogens (tertiary/aromatic N) is 2. The molecular weight excluding hydrogens is 326 g/mol. The summed E-state index contributed by atoms with van der Waals surface area (Å²) in [4.78, 5) is 0. The third-order valence-electron chi connectivity index (χ3n) is 3.85. The Labute approximate surface area is 144 Å². The third kappa shape index (κ3) is 3.67. The summed E-state index contributed by atoms with van der Waals surface area (Å²) in [7, 11) is 0. The second-order valence-electron chi connectivity index (χ2n) is 5.44. The molecule has 0 aromatic heterocycles. The van der Waals surface area contributed by atoms with Crippen molar-refractivity contribution in [3.05, 3.63) is 76.9 Å². The van der Waals surface area contributed by atoms with Crippen LogP contribution in [0.2, 0.25) is 0 Å². The number of hydrogen-bond donors (Lipinski definition) is 3. The van der Waals surface area contributed by atoms with Gasteiger partial charge >= 0.3 is 0 Å². The Hall–Kier alpha value is -2.77. The number of nitrogens with one attached hydrogen (secondary N) is 2. The largest absolute Gasteiger partial charge is 0.392 e. The molecule has 25 heavy (non-hydrogen) atoms. The Kier molecular flexibility index (Phi) is 5.06. The van der Waals surface area contributed by atoms with Crippen LogP contribution in [0.5, 0.6) is 0 Å². The number of amidine groups is 1. The van der Waals surface area contributed by atoms with Crippen LogP contribution in [0.15, 0.2) is 59.2 Å². The van der Waals surface area contributed by atoms with Gasteiger partial charge in [-0.15, -0.1) is 10.2 Å². The van der Waals surface area contributed by atoms with Crippen molar-refractivity contribution in [2.75, 3.05) is 13.2 Å². The molecule has 7 heteroatoms. The van der Waals surface area contributed by atoms with Gasteiger partial charge in [0.2, 0.25) is 0 Å². The van der Waals surface area contributed by atoms with Crippen LogP contribution in [-0.2, 0) is 0 Å². The highest BCUT2D eigenvalue weighted by atomic mass is 19.1. The van der Waals surface area contributed by atoms with Gasteiger partial charge in [0.25, 0.3) is 0 Å². The van der Waals surface area contributed by atoms with E-state index in [1.165, 1.54) is 24.3 Å². The molecule has 1 heterocycles. The Morgan fingerprint density at radius 1 is 1.00 bits per heavy atom. The van der Waals surface area contributed by atoms with Crippen molar-refractivity contribution in [1.82, 2.24) is 16.1 Å². The molecule has 130 valence electrons. The molecule has 0 fully saturated rings. The number of aliphatic hydroxyl groups is 1. The molecule has 5 nitrogen and oxygen atoms in total. The molecule has 2 aromatic rings. The monoisotopic (exact) mass is 344 g/mol. The van der Waals surface area contributed by atoms with E-state index in [9.17, 15) is 13.9 Å².